The van der Waals surface area contributed by atoms with Crippen LogP contribution in [0.3, 0.4) is 0 Å². The summed E-state index contributed by atoms with van der Waals surface area (Å²) in [6.45, 7) is 14.1. The van der Waals surface area contributed by atoms with E-state index in [1.807, 2.05) is 0 Å². The van der Waals surface area contributed by atoms with Crippen molar-refractivity contribution >= 4 is 56.2 Å². The van der Waals surface area contributed by atoms with Gasteiger partial charge < -0.3 is 79.0 Å². The van der Waals surface area contributed by atoms with Gasteiger partial charge in [-0.15, -0.1) is 0 Å². The molecule has 0 aromatic carbocycles. The van der Waals surface area contributed by atoms with Crippen molar-refractivity contribution in [2.24, 2.45) is 22.9 Å². The first-order valence-corrected chi connectivity index (χ1v) is 20.0. The molecule has 0 saturated carbocycles. The van der Waals surface area contributed by atoms with Crippen molar-refractivity contribution in [3.05, 3.63) is 69.3 Å². The van der Waals surface area contributed by atoms with Gasteiger partial charge in [-0.25, -0.2) is 9.97 Å². The fourth-order valence-corrected chi connectivity index (χ4v) is 7.44. The van der Waals surface area contributed by atoms with Gasteiger partial charge in [0.2, 0.25) is 11.8 Å². The molecule has 3 aromatic heterocycles. The Labute approximate surface area is 374 Å². The summed E-state index contributed by atoms with van der Waals surface area (Å²) in [4.78, 5) is 43.8. The number of allylic oxidation sites excluding steroid dienone is 3. The van der Waals surface area contributed by atoms with Crippen molar-refractivity contribution in [3.63, 3.8) is 0 Å². The van der Waals surface area contributed by atoms with Crippen LogP contribution in [-0.2, 0) is 43.5 Å². The third-order valence-electron chi connectivity index (χ3n) is 10.6. The average Bonchev–Trinajstić information content (AvgIpc) is 3.88. The van der Waals surface area contributed by atoms with Crippen molar-refractivity contribution in [1.29, 1.82) is 0 Å². The molecule has 5 heterocycles. The molecule has 0 spiro atoms. The second-order valence-corrected chi connectivity index (χ2v) is 14.5. The molecule has 0 atom stereocenters. The molecule has 14 nitrogen and oxygen atoms in total. The van der Waals surface area contributed by atoms with Crippen molar-refractivity contribution in [1.82, 2.24) is 41.2 Å². The topological polar surface area (TPSA) is 244 Å². The molecule has 0 fully saturated rings. The van der Waals surface area contributed by atoms with E-state index in [0.29, 0.717) is 84.5 Å². The normalized spacial score (nSPS) is 12.2. The molecule has 0 saturated heterocycles. The quantitative estimate of drug-likeness (QED) is 0.0506. The van der Waals surface area contributed by atoms with Gasteiger partial charge in [0.15, 0.2) is 0 Å². The number of H-pyrrole nitrogens is 2. The molecule has 5 rings (SSSR count). The van der Waals surface area contributed by atoms with Gasteiger partial charge in [-0.3, -0.25) is 9.59 Å². The summed E-state index contributed by atoms with van der Waals surface area (Å²) in [5.74, 6) is -0.107. The molecule has 0 aliphatic carbocycles. The van der Waals surface area contributed by atoms with Crippen LogP contribution >= 0.6 is 0 Å². The minimum Gasteiger partial charge on any atom is -1.00 e. The number of aromatic amines is 2. The van der Waals surface area contributed by atoms with Crippen LogP contribution in [-0.4, -0.2) is 97.2 Å². The number of halogens is 2. The summed E-state index contributed by atoms with van der Waals surface area (Å²) in [6.07, 6.45) is 3.12. The second-order valence-electron chi connectivity index (χ2n) is 14.5. The van der Waals surface area contributed by atoms with Crippen molar-refractivity contribution in [2.45, 2.75) is 66.2 Å². The molecule has 3 aromatic rings. The Kier molecular flexibility index (Phi) is 22.2. The van der Waals surface area contributed by atoms with E-state index < -0.39 is 0 Å². The zero-order chi connectivity index (χ0) is 40.2. The number of nitrogens with zero attached hydrogens (tertiary/aromatic N) is 2. The summed E-state index contributed by atoms with van der Waals surface area (Å²) in [5, 5.41) is 12.7. The minimum atomic E-state index is -0.0552. The molecule has 17 heteroatoms. The Balaban J connectivity index is 0.00000400. The van der Waals surface area contributed by atoms with Crippen molar-refractivity contribution < 1.29 is 55.5 Å². The molecule has 8 bridgehead atoms. The maximum absolute atomic E-state index is 12.9. The van der Waals surface area contributed by atoms with E-state index in [9.17, 15) is 9.59 Å². The minimum absolute atomic E-state index is 0. The Morgan fingerprint density at radius 1 is 0.559 bits per heavy atom. The molecule has 0 unspecified atom stereocenters. The van der Waals surface area contributed by atoms with Crippen LogP contribution < -0.4 is 69.0 Å². The smallest absolute Gasteiger partial charge is 1.00 e. The average molecular weight is 1030 g/mol. The van der Waals surface area contributed by atoms with Gasteiger partial charge in [0.05, 0.1) is 22.8 Å². The molecule has 2 amide bonds. The van der Waals surface area contributed by atoms with Gasteiger partial charge >= 0.3 is 21.1 Å². The Morgan fingerprint density at radius 3 is 1.69 bits per heavy atom. The van der Waals surface area contributed by atoms with Crippen molar-refractivity contribution in [3.8, 4) is 0 Å². The van der Waals surface area contributed by atoms with E-state index in [0.717, 1.165) is 103 Å². The van der Waals surface area contributed by atoms with E-state index in [2.05, 4.69) is 83.2 Å². The van der Waals surface area contributed by atoms with Crippen molar-refractivity contribution in [2.75, 3.05) is 65.4 Å². The summed E-state index contributed by atoms with van der Waals surface area (Å²) in [6, 6.07) is 8.55. The molecule has 326 valence electrons. The third-order valence-corrected chi connectivity index (χ3v) is 10.6. The number of carbonyl (C=O) groups is 2. The molecule has 14 N–H and O–H groups in total. The molecular weight excluding hydrogens is 971 g/mol. The summed E-state index contributed by atoms with van der Waals surface area (Å²) in [5.41, 5.74) is 38.8. The number of hydrogen-bond donors (Lipinski definition) is 10. The number of amides is 2. The summed E-state index contributed by atoms with van der Waals surface area (Å²) < 4.78 is 0. The zero-order valence-electron chi connectivity index (χ0n) is 34.7. The monoisotopic (exact) mass is 1030 g/mol. The van der Waals surface area contributed by atoms with Crippen LogP contribution in [0, 0.1) is 13.8 Å². The first kappa shape index (κ1) is 51.7. The molecule has 2 aliphatic heterocycles. The number of nitrogens with two attached hydrogens (primary N) is 4. The number of nitrogens with one attached hydrogen (secondary N) is 6. The summed E-state index contributed by atoms with van der Waals surface area (Å²) in [7, 11) is 0. The largest absolute Gasteiger partial charge is 2.00 e. The van der Waals surface area contributed by atoms with Gasteiger partial charge in [-0.1, -0.05) is 0 Å². The van der Waals surface area contributed by atoms with E-state index in [1.165, 1.54) is 5.57 Å². The van der Waals surface area contributed by atoms with E-state index in [1.54, 1.807) is 0 Å². The zero-order valence-corrected chi connectivity index (χ0v) is 38.5. The number of rotatable bonds is 20. The maximum atomic E-state index is 12.9. The van der Waals surface area contributed by atoms with Crippen LogP contribution in [0.1, 0.15) is 84.6 Å². The number of hydrogen-bond acceptors (Lipinski definition) is 10. The number of aromatic nitrogens is 4. The van der Waals surface area contributed by atoms with E-state index >= 15 is 0 Å². The first-order valence-electron chi connectivity index (χ1n) is 20.0. The van der Waals surface area contributed by atoms with Gasteiger partial charge in [0, 0.05) is 92.8 Å². The van der Waals surface area contributed by atoms with Gasteiger partial charge in [-0.2, -0.15) is 0 Å². The number of fused-ring (bicyclic) bond motifs is 8. The SMILES string of the molecule is CC1=C(CCNCCN)c2cc3[nH]c(cc3C)c(CCNCCN)c3nc(cc4[nH]c(cc1n2)c(C)c4CCC(=O)NCCN)C(CCC(=O)NCCN)=C3C.[Cl-].[Cl-].[Pt+2]. The Morgan fingerprint density at radius 2 is 1.07 bits per heavy atom. The molecular formula is C42H62Cl2N12O2Pt. The predicted octanol–water partition coefficient (Wildman–Crippen LogP) is -3.31. The number of carbonyl (C=O) groups excluding carboxylic acids is 2. The first-order chi connectivity index (χ1) is 27.1. The van der Waals surface area contributed by atoms with Crippen LogP contribution in [0.5, 0.6) is 0 Å². The van der Waals surface area contributed by atoms with Crippen LogP contribution in [0.15, 0.2) is 24.3 Å². The second kappa shape index (κ2) is 25.4. The Bertz CT molecular complexity index is 2130. The maximum Gasteiger partial charge on any atom is 2.00 e. The van der Waals surface area contributed by atoms with Gasteiger partial charge in [0.1, 0.15) is 0 Å². The fourth-order valence-electron chi connectivity index (χ4n) is 7.44. The third kappa shape index (κ3) is 13.3. The van der Waals surface area contributed by atoms with Gasteiger partial charge in [0.25, 0.3) is 0 Å². The standard InChI is InChI=1S/C42H62N12O2.2ClH.Pt/c1-25-21-36-32(10-16-48-18-12-44)42-28(4)30(6-8-41(56)50-20-14-46)39(54-42)24-38-29(5-7-40(55)49-19-13-45)26(2)34(53-38)23-35-27(3)31(9-15-47-17-11-43)37(52-35)22-33(25)51-36;;;/h21-24,47-48,51,53H,5-20,43-46H2,1-4H3,(H,49,55)(H,50,56);2*1H;/q;;;+2/p-2. The predicted molar refractivity (Wildman–Crippen MR) is 229 cm³/mol. The molecule has 0 radical (unpaired) electrons. The van der Waals surface area contributed by atoms with Crippen LogP contribution in [0.4, 0.5) is 0 Å². The fraction of sp³-hybridized carbons (Fsp3) is 0.476. The van der Waals surface area contributed by atoms with Crippen LogP contribution in [0.2, 0.25) is 0 Å². The van der Waals surface area contributed by atoms with Crippen LogP contribution in [0.25, 0.3) is 44.4 Å². The Hall–Kier alpha value is -3.43. The molecule has 59 heavy (non-hydrogen) atoms. The van der Waals surface area contributed by atoms with E-state index in [-0.39, 0.29) is 57.7 Å². The van der Waals surface area contributed by atoms with E-state index in [4.69, 9.17) is 32.9 Å². The summed E-state index contributed by atoms with van der Waals surface area (Å²) >= 11 is 0. The number of aryl methyl sites for hydroxylation is 3. The van der Waals surface area contributed by atoms with Gasteiger partial charge in [-0.05, 0) is 130 Å². The molecule has 2 aliphatic rings.